The number of fused-ring (bicyclic) bond motifs is 1. The molecule has 1 aliphatic heterocycles. The van der Waals surface area contributed by atoms with Crippen LogP contribution >= 0.6 is 0 Å². The van der Waals surface area contributed by atoms with Gasteiger partial charge in [0.25, 0.3) is 11.8 Å². The summed E-state index contributed by atoms with van der Waals surface area (Å²) in [5, 5.41) is 2.75. The van der Waals surface area contributed by atoms with Gasteiger partial charge < -0.3 is 20.2 Å². The Bertz CT molecular complexity index is 673. The first-order valence-electron chi connectivity index (χ1n) is 6.26. The number of aromatic nitrogens is 1. The highest BCUT2D eigenvalue weighted by atomic mass is 16.5. The molecule has 7 heteroatoms. The van der Waals surface area contributed by atoms with E-state index in [2.05, 4.69) is 10.3 Å². The molecule has 3 rings (SSSR count). The summed E-state index contributed by atoms with van der Waals surface area (Å²) in [5.74, 6) is -1.06. The molecular formula is C13H13N3O4. The van der Waals surface area contributed by atoms with Crippen LogP contribution in [0.25, 0.3) is 11.1 Å². The number of nitrogens with two attached hydrogens (primary N) is 1. The van der Waals surface area contributed by atoms with Crippen LogP contribution in [-0.4, -0.2) is 29.5 Å². The average Bonchev–Trinajstić information content (AvgIpc) is 3.07. The zero-order chi connectivity index (χ0) is 14.1. The zero-order valence-electron chi connectivity index (χ0n) is 10.6. The first kappa shape index (κ1) is 12.6. The first-order chi connectivity index (χ1) is 9.63. The lowest BCUT2D eigenvalue weighted by molar-refractivity contribution is -0.124. The Labute approximate surface area is 114 Å². The minimum absolute atomic E-state index is 0.150. The van der Waals surface area contributed by atoms with Crippen LogP contribution in [0.4, 0.5) is 5.69 Å². The maximum absolute atomic E-state index is 11.9. The molecule has 2 amide bonds. The van der Waals surface area contributed by atoms with Crippen LogP contribution in [0.5, 0.6) is 0 Å². The van der Waals surface area contributed by atoms with E-state index in [9.17, 15) is 9.59 Å². The van der Waals surface area contributed by atoms with E-state index in [1.165, 1.54) is 0 Å². The summed E-state index contributed by atoms with van der Waals surface area (Å²) in [7, 11) is 0. The van der Waals surface area contributed by atoms with Crippen molar-refractivity contribution in [3.63, 3.8) is 0 Å². The molecule has 1 fully saturated rings. The van der Waals surface area contributed by atoms with Gasteiger partial charge in [0.05, 0.1) is 0 Å². The molecule has 0 unspecified atom stereocenters. The Morgan fingerprint density at radius 1 is 1.40 bits per heavy atom. The smallest absolute Gasteiger partial charge is 0.304 e. The van der Waals surface area contributed by atoms with Gasteiger partial charge in [-0.05, 0) is 31.0 Å². The van der Waals surface area contributed by atoms with E-state index < -0.39 is 12.0 Å². The third kappa shape index (κ3) is 2.35. The molecule has 2 aromatic rings. The zero-order valence-corrected chi connectivity index (χ0v) is 10.6. The number of primary amides is 1. The van der Waals surface area contributed by atoms with Gasteiger partial charge in [0.1, 0.15) is 11.6 Å². The van der Waals surface area contributed by atoms with Crippen molar-refractivity contribution in [1.29, 1.82) is 0 Å². The fraction of sp³-hybridized carbons (Fsp3) is 0.308. The number of hydrogen-bond acceptors (Lipinski definition) is 5. The Balaban J connectivity index is 1.81. The van der Waals surface area contributed by atoms with E-state index >= 15 is 0 Å². The number of rotatable bonds is 3. The molecule has 0 saturated carbocycles. The summed E-state index contributed by atoms with van der Waals surface area (Å²) in [4.78, 5) is 26.9. The van der Waals surface area contributed by atoms with Crippen LogP contribution in [0.2, 0.25) is 0 Å². The topological polar surface area (TPSA) is 107 Å². The van der Waals surface area contributed by atoms with Gasteiger partial charge in [-0.15, -0.1) is 0 Å². The maximum atomic E-state index is 11.9. The molecule has 3 N–H and O–H groups in total. The standard InChI is InChI=1S/C13H13N3O4/c14-11(17)13-16-8-6-7(3-4-9(8)20-13)15-12(18)10-2-1-5-19-10/h3-4,6,10H,1-2,5H2,(H2,14,17)(H,15,18)/t10-/m1/s1. The molecule has 0 bridgehead atoms. The minimum atomic E-state index is -0.730. The SMILES string of the molecule is NC(=O)c1nc2cc(NC(=O)[C@H]3CCCO3)ccc2o1. The molecular weight excluding hydrogens is 262 g/mol. The lowest BCUT2D eigenvalue weighted by Gasteiger charge is -2.09. The Morgan fingerprint density at radius 2 is 2.25 bits per heavy atom. The van der Waals surface area contributed by atoms with Crippen LogP contribution in [0.15, 0.2) is 22.6 Å². The largest absolute Gasteiger partial charge is 0.432 e. The fourth-order valence-corrected chi connectivity index (χ4v) is 2.12. The number of anilines is 1. The molecule has 7 nitrogen and oxygen atoms in total. The molecule has 104 valence electrons. The van der Waals surface area contributed by atoms with E-state index in [0.717, 1.165) is 12.8 Å². The van der Waals surface area contributed by atoms with Gasteiger partial charge in [0, 0.05) is 12.3 Å². The highest BCUT2D eigenvalue weighted by molar-refractivity contribution is 5.96. The van der Waals surface area contributed by atoms with Crippen molar-refractivity contribution >= 4 is 28.6 Å². The Hall–Kier alpha value is -2.41. The van der Waals surface area contributed by atoms with E-state index in [-0.39, 0.29) is 11.8 Å². The van der Waals surface area contributed by atoms with Gasteiger partial charge in [-0.3, -0.25) is 9.59 Å². The molecule has 1 atom stereocenters. The highest BCUT2D eigenvalue weighted by Crippen LogP contribution is 2.21. The van der Waals surface area contributed by atoms with Gasteiger partial charge in [-0.25, -0.2) is 4.98 Å². The first-order valence-corrected chi connectivity index (χ1v) is 6.26. The number of hydrogen-bond donors (Lipinski definition) is 2. The molecule has 20 heavy (non-hydrogen) atoms. The van der Waals surface area contributed by atoms with E-state index in [1.807, 2.05) is 0 Å². The molecule has 1 aromatic heterocycles. The van der Waals surface area contributed by atoms with Crippen molar-refractivity contribution in [3.8, 4) is 0 Å². The monoisotopic (exact) mass is 275 g/mol. The van der Waals surface area contributed by atoms with Crippen molar-refractivity contribution in [2.45, 2.75) is 18.9 Å². The second-order valence-corrected chi connectivity index (χ2v) is 4.56. The molecule has 1 aliphatic rings. The van der Waals surface area contributed by atoms with Crippen LogP contribution < -0.4 is 11.1 Å². The van der Waals surface area contributed by atoms with Gasteiger partial charge in [0.2, 0.25) is 0 Å². The van der Waals surface area contributed by atoms with Gasteiger partial charge in [-0.1, -0.05) is 0 Å². The molecule has 1 saturated heterocycles. The number of oxazole rings is 1. The lowest BCUT2D eigenvalue weighted by atomic mass is 10.2. The van der Waals surface area contributed by atoms with Crippen molar-refractivity contribution < 1.29 is 18.7 Å². The Morgan fingerprint density at radius 3 is 2.95 bits per heavy atom. The summed E-state index contributed by atoms with van der Waals surface area (Å²) < 4.78 is 10.5. The van der Waals surface area contributed by atoms with Crippen LogP contribution in [0.3, 0.4) is 0 Å². The van der Waals surface area contributed by atoms with Crippen molar-refractivity contribution in [2.24, 2.45) is 5.73 Å². The molecule has 0 spiro atoms. The van der Waals surface area contributed by atoms with Crippen LogP contribution in [0.1, 0.15) is 23.5 Å². The average molecular weight is 275 g/mol. The number of amides is 2. The van der Waals surface area contributed by atoms with Crippen molar-refractivity contribution in [2.75, 3.05) is 11.9 Å². The van der Waals surface area contributed by atoms with Gasteiger partial charge in [-0.2, -0.15) is 0 Å². The molecule has 2 heterocycles. The second-order valence-electron chi connectivity index (χ2n) is 4.56. The molecule has 0 aliphatic carbocycles. The summed E-state index contributed by atoms with van der Waals surface area (Å²) in [6.45, 7) is 0.613. The van der Waals surface area contributed by atoms with E-state index in [1.54, 1.807) is 18.2 Å². The third-order valence-electron chi connectivity index (χ3n) is 3.09. The fourth-order valence-electron chi connectivity index (χ4n) is 2.12. The number of carbonyl (C=O) groups is 2. The van der Waals surface area contributed by atoms with Crippen LogP contribution in [0, 0.1) is 0 Å². The number of carbonyl (C=O) groups excluding carboxylic acids is 2. The minimum Gasteiger partial charge on any atom is -0.432 e. The molecule has 1 aromatic carbocycles. The molecule has 0 radical (unpaired) electrons. The number of nitrogens with zero attached hydrogens (tertiary/aromatic N) is 1. The second kappa shape index (κ2) is 4.93. The lowest BCUT2D eigenvalue weighted by Crippen LogP contribution is -2.26. The third-order valence-corrected chi connectivity index (χ3v) is 3.09. The summed E-state index contributed by atoms with van der Waals surface area (Å²) in [6.07, 6.45) is 1.22. The number of ether oxygens (including phenoxy) is 1. The maximum Gasteiger partial charge on any atom is 0.304 e. The highest BCUT2D eigenvalue weighted by Gasteiger charge is 2.23. The Kier molecular flexibility index (Phi) is 3.11. The van der Waals surface area contributed by atoms with Crippen molar-refractivity contribution in [1.82, 2.24) is 4.98 Å². The quantitative estimate of drug-likeness (QED) is 0.870. The predicted molar refractivity (Wildman–Crippen MR) is 70.1 cm³/mol. The number of nitrogens with one attached hydrogen (secondary N) is 1. The van der Waals surface area contributed by atoms with E-state index in [4.69, 9.17) is 14.9 Å². The predicted octanol–water partition coefficient (Wildman–Crippen LogP) is 1.04. The summed E-state index contributed by atoms with van der Waals surface area (Å²) >= 11 is 0. The number of benzene rings is 1. The van der Waals surface area contributed by atoms with Gasteiger partial charge in [0.15, 0.2) is 5.58 Å². The van der Waals surface area contributed by atoms with Crippen molar-refractivity contribution in [3.05, 3.63) is 24.1 Å². The van der Waals surface area contributed by atoms with Crippen LogP contribution in [-0.2, 0) is 9.53 Å². The van der Waals surface area contributed by atoms with Gasteiger partial charge >= 0.3 is 5.91 Å². The summed E-state index contributed by atoms with van der Waals surface area (Å²) in [5.41, 5.74) is 6.57. The normalized spacial score (nSPS) is 18.3. The van der Waals surface area contributed by atoms with E-state index in [0.29, 0.717) is 23.4 Å². The summed E-state index contributed by atoms with van der Waals surface area (Å²) in [6, 6.07) is 4.92.